The summed E-state index contributed by atoms with van der Waals surface area (Å²) in [5.41, 5.74) is 4.57. The molecule has 0 saturated heterocycles. The van der Waals surface area contributed by atoms with E-state index in [4.69, 9.17) is 16.6 Å². The van der Waals surface area contributed by atoms with Gasteiger partial charge in [0.25, 0.3) is 0 Å². The molecule has 2 rings (SSSR count). The van der Waals surface area contributed by atoms with Crippen molar-refractivity contribution in [2.75, 3.05) is 13.1 Å². The van der Waals surface area contributed by atoms with Crippen LogP contribution in [0.2, 0.25) is 5.02 Å². The Balaban J connectivity index is 0.00000364. The Bertz CT molecular complexity index is 765. The Morgan fingerprint density at radius 2 is 1.81 bits per heavy atom. The highest BCUT2D eigenvalue weighted by molar-refractivity contribution is 14.0. The lowest BCUT2D eigenvalue weighted by Gasteiger charge is -2.27. The molecule has 150 valence electrons. The molecule has 0 atom stereocenters. The third-order valence-corrected chi connectivity index (χ3v) is 4.97. The maximum atomic E-state index is 6.01. The van der Waals surface area contributed by atoms with Gasteiger partial charge < -0.3 is 10.6 Å². The lowest BCUT2D eigenvalue weighted by atomic mass is 9.85. The van der Waals surface area contributed by atoms with Gasteiger partial charge in [0.15, 0.2) is 5.96 Å². The van der Waals surface area contributed by atoms with Crippen LogP contribution in [0.5, 0.6) is 0 Å². The summed E-state index contributed by atoms with van der Waals surface area (Å²) in [4.78, 5) is 4.75. The third-order valence-electron chi connectivity index (χ3n) is 4.72. The molecule has 0 aliphatic heterocycles. The zero-order valence-electron chi connectivity index (χ0n) is 17.1. The maximum absolute atomic E-state index is 6.01. The molecule has 2 N–H and O–H groups in total. The van der Waals surface area contributed by atoms with Gasteiger partial charge in [-0.15, -0.1) is 24.0 Å². The fourth-order valence-corrected chi connectivity index (χ4v) is 2.98. The van der Waals surface area contributed by atoms with Crippen LogP contribution in [0.25, 0.3) is 0 Å². The summed E-state index contributed by atoms with van der Waals surface area (Å²) in [7, 11) is 1.97. The first-order valence-electron chi connectivity index (χ1n) is 9.02. The number of nitrogens with one attached hydrogen (secondary N) is 2. The lowest BCUT2D eigenvalue weighted by molar-refractivity contribution is 0.508. The van der Waals surface area contributed by atoms with Crippen molar-refractivity contribution in [3.63, 3.8) is 0 Å². The number of guanidine groups is 1. The minimum Gasteiger partial charge on any atom is -0.357 e. The molecular weight excluding hydrogens is 473 g/mol. The molecule has 0 aliphatic rings. The molecule has 0 aliphatic carbocycles. The van der Waals surface area contributed by atoms with E-state index in [1.807, 2.05) is 30.8 Å². The third kappa shape index (κ3) is 6.38. The molecule has 0 fully saturated rings. The van der Waals surface area contributed by atoms with Gasteiger partial charge in [0.1, 0.15) is 0 Å². The molecule has 1 heterocycles. The largest absolute Gasteiger partial charge is 0.357 e. The van der Waals surface area contributed by atoms with Crippen molar-refractivity contribution in [2.24, 2.45) is 12.0 Å². The van der Waals surface area contributed by atoms with Crippen LogP contribution in [0.4, 0.5) is 0 Å². The van der Waals surface area contributed by atoms with Gasteiger partial charge in [0, 0.05) is 41.8 Å². The number of halogens is 2. The van der Waals surface area contributed by atoms with Crippen molar-refractivity contribution in [1.29, 1.82) is 0 Å². The second-order valence-electron chi connectivity index (χ2n) is 7.21. The highest BCUT2D eigenvalue weighted by atomic mass is 127. The van der Waals surface area contributed by atoms with Gasteiger partial charge in [-0.3, -0.25) is 4.68 Å². The van der Waals surface area contributed by atoms with Crippen LogP contribution in [0.15, 0.2) is 29.3 Å². The average Bonchev–Trinajstić information content (AvgIpc) is 2.83. The van der Waals surface area contributed by atoms with Gasteiger partial charge >= 0.3 is 0 Å². The van der Waals surface area contributed by atoms with Gasteiger partial charge in [-0.25, -0.2) is 4.99 Å². The summed E-state index contributed by atoms with van der Waals surface area (Å²) in [6, 6.07) is 8.03. The van der Waals surface area contributed by atoms with E-state index in [-0.39, 0.29) is 29.4 Å². The molecule has 0 radical (unpaired) electrons. The Hall–Kier alpha value is -1.28. The number of hydrogen-bond acceptors (Lipinski definition) is 2. The standard InChI is InChI=1S/C20H30ClN5.HI/c1-7-22-19(23-12-18-14(2)25-26(6)15(18)3)24-13-20(4,5)16-8-10-17(21)11-9-16;/h8-11H,7,12-13H2,1-6H3,(H2,22,23,24);1H. The molecule has 5 nitrogen and oxygen atoms in total. The molecule has 0 saturated carbocycles. The molecule has 0 spiro atoms. The minimum absolute atomic E-state index is 0. The van der Waals surface area contributed by atoms with Crippen LogP contribution in [0.1, 0.15) is 43.3 Å². The van der Waals surface area contributed by atoms with Gasteiger partial charge in [0.2, 0.25) is 0 Å². The first kappa shape index (κ1) is 23.8. The van der Waals surface area contributed by atoms with Crippen molar-refractivity contribution in [2.45, 2.75) is 46.6 Å². The molecule has 0 bridgehead atoms. The van der Waals surface area contributed by atoms with Crippen LogP contribution < -0.4 is 10.6 Å². The fourth-order valence-electron chi connectivity index (χ4n) is 2.85. The summed E-state index contributed by atoms with van der Waals surface area (Å²) >= 11 is 6.01. The number of hydrogen-bond donors (Lipinski definition) is 2. The molecule has 0 amide bonds. The van der Waals surface area contributed by atoms with E-state index in [0.29, 0.717) is 6.54 Å². The van der Waals surface area contributed by atoms with Crippen LogP contribution in [0.3, 0.4) is 0 Å². The van der Waals surface area contributed by atoms with Crippen molar-refractivity contribution in [1.82, 2.24) is 20.4 Å². The first-order valence-corrected chi connectivity index (χ1v) is 9.39. The summed E-state index contributed by atoms with van der Waals surface area (Å²) in [5.74, 6) is 0.817. The highest BCUT2D eigenvalue weighted by Gasteiger charge is 2.21. The van der Waals surface area contributed by atoms with E-state index in [9.17, 15) is 0 Å². The zero-order chi connectivity index (χ0) is 19.3. The predicted molar refractivity (Wildman–Crippen MR) is 125 cm³/mol. The second-order valence-corrected chi connectivity index (χ2v) is 7.65. The SMILES string of the molecule is CCNC(=NCc1c(C)nn(C)c1C)NCC(C)(C)c1ccc(Cl)cc1.I. The smallest absolute Gasteiger partial charge is 0.191 e. The Morgan fingerprint density at radius 3 is 2.33 bits per heavy atom. The van der Waals surface area contributed by atoms with E-state index in [2.05, 4.69) is 55.6 Å². The maximum Gasteiger partial charge on any atom is 0.191 e. The topological polar surface area (TPSA) is 54.2 Å². The Kier molecular flexibility index (Phi) is 9.08. The molecule has 0 unspecified atom stereocenters. The van der Waals surface area contributed by atoms with Gasteiger partial charge in [0.05, 0.1) is 12.2 Å². The zero-order valence-corrected chi connectivity index (χ0v) is 20.1. The number of aromatic nitrogens is 2. The summed E-state index contributed by atoms with van der Waals surface area (Å²) in [6.45, 7) is 12.8. The fraction of sp³-hybridized carbons (Fsp3) is 0.500. The monoisotopic (exact) mass is 503 g/mol. The van der Waals surface area contributed by atoms with Crippen LogP contribution in [0, 0.1) is 13.8 Å². The van der Waals surface area contributed by atoms with Crippen LogP contribution >= 0.6 is 35.6 Å². The number of benzene rings is 1. The average molecular weight is 504 g/mol. The molecule has 1 aromatic carbocycles. The van der Waals surface area contributed by atoms with E-state index in [1.165, 1.54) is 11.1 Å². The minimum atomic E-state index is -0.0408. The van der Waals surface area contributed by atoms with Crippen LogP contribution in [-0.4, -0.2) is 28.8 Å². The van der Waals surface area contributed by atoms with E-state index in [1.54, 1.807) is 0 Å². The number of aliphatic imine (C=N–C) groups is 1. The van der Waals surface area contributed by atoms with Crippen molar-refractivity contribution in [3.05, 3.63) is 51.8 Å². The first-order chi connectivity index (χ1) is 12.2. The molecule has 2 aromatic rings. The van der Waals surface area contributed by atoms with Crippen LogP contribution in [-0.2, 0) is 19.0 Å². The van der Waals surface area contributed by atoms with Crippen molar-refractivity contribution >= 4 is 41.5 Å². The van der Waals surface area contributed by atoms with E-state index in [0.717, 1.165) is 35.5 Å². The highest BCUT2D eigenvalue weighted by Crippen LogP contribution is 2.23. The number of aryl methyl sites for hydroxylation is 2. The summed E-state index contributed by atoms with van der Waals surface area (Å²) in [5, 5.41) is 12.0. The van der Waals surface area contributed by atoms with Gasteiger partial charge in [-0.2, -0.15) is 5.10 Å². The quantitative estimate of drug-likeness (QED) is 0.350. The Labute approximate surface area is 185 Å². The summed E-state index contributed by atoms with van der Waals surface area (Å²) < 4.78 is 1.91. The number of rotatable bonds is 6. The Morgan fingerprint density at radius 1 is 1.19 bits per heavy atom. The molecular formula is C20H31ClIN5. The van der Waals surface area contributed by atoms with Crippen molar-refractivity contribution < 1.29 is 0 Å². The molecule has 7 heteroatoms. The molecule has 1 aromatic heterocycles. The normalized spacial score (nSPS) is 11.9. The molecule has 27 heavy (non-hydrogen) atoms. The van der Waals surface area contributed by atoms with Crippen molar-refractivity contribution in [3.8, 4) is 0 Å². The van der Waals surface area contributed by atoms with Gasteiger partial charge in [-0.1, -0.05) is 37.6 Å². The van der Waals surface area contributed by atoms with E-state index >= 15 is 0 Å². The second kappa shape index (κ2) is 10.3. The number of nitrogens with zero attached hydrogens (tertiary/aromatic N) is 3. The summed E-state index contributed by atoms with van der Waals surface area (Å²) in [6.07, 6.45) is 0. The predicted octanol–water partition coefficient (Wildman–Crippen LogP) is 4.34. The van der Waals surface area contributed by atoms with Gasteiger partial charge in [-0.05, 0) is 38.5 Å². The lowest BCUT2D eigenvalue weighted by Crippen LogP contribution is -2.43. The van der Waals surface area contributed by atoms with E-state index < -0.39 is 0 Å².